The summed E-state index contributed by atoms with van der Waals surface area (Å²) in [6.45, 7) is 3.48. The summed E-state index contributed by atoms with van der Waals surface area (Å²) in [7, 11) is -10.9. The number of alkyl halides is 3. The van der Waals surface area contributed by atoms with Gasteiger partial charge in [-0.1, -0.05) is 0 Å². The fourth-order valence-corrected chi connectivity index (χ4v) is 3.68. The topological polar surface area (TPSA) is 84.0 Å². The van der Waals surface area contributed by atoms with E-state index in [0.29, 0.717) is 6.67 Å². The Kier molecular flexibility index (Phi) is 5.50. The van der Waals surface area contributed by atoms with Gasteiger partial charge in [-0.25, -0.2) is 0 Å². The molecule has 0 saturated carbocycles. The lowest BCUT2D eigenvalue weighted by atomic mass is 10.4. The molecule has 1 aliphatic rings. The summed E-state index contributed by atoms with van der Waals surface area (Å²) in [5.74, 6) is -0.821. The van der Waals surface area contributed by atoms with Crippen LogP contribution >= 0.6 is 0 Å². The Bertz CT molecular complexity index is 585. The third-order valence-corrected chi connectivity index (χ3v) is 5.48. The van der Waals surface area contributed by atoms with Crippen LogP contribution in [-0.4, -0.2) is 57.7 Å². The highest BCUT2D eigenvalue weighted by atomic mass is 32.3. The molecule has 0 atom stereocenters. The zero-order chi connectivity index (χ0) is 16.3. The van der Waals surface area contributed by atoms with Crippen LogP contribution in [0.25, 0.3) is 0 Å². The zero-order valence-electron chi connectivity index (χ0n) is 11.1. The van der Waals surface area contributed by atoms with Gasteiger partial charge in [0.2, 0.25) is 0 Å². The van der Waals surface area contributed by atoms with Gasteiger partial charge in [-0.2, -0.15) is 30.0 Å². The summed E-state index contributed by atoms with van der Waals surface area (Å²) < 4.78 is 83.0. The van der Waals surface area contributed by atoms with Crippen molar-refractivity contribution in [1.82, 2.24) is 9.80 Å². The van der Waals surface area contributed by atoms with Gasteiger partial charge in [-0.3, -0.25) is 0 Å². The molecule has 0 aromatic rings. The Balaban J connectivity index is 2.47. The van der Waals surface area contributed by atoms with Crippen molar-refractivity contribution in [2.75, 3.05) is 25.5 Å². The summed E-state index contributed by atoms with van der Waals surface area (Å²) in [5.41, 5.74) is -5.76. The summed E-state index contributed by atoms with van der Waals surface area (Å²) in [5, 5.41) is 0. The largest absolute Gasteiger partial charge is 0.524 e. The molecule has 124 valence electrons. The molecule has 7 nitrogen and oxygen atoms in total. The first-order chi connectivity index (χ1) is 9.47. The first kappa shape index (κ1) is 18.0. The molecule has 0 amide bonds. The van der Waals surface area contributed by atoms with Crippen molar-refractivity contribution in [2.45, 2.75) is 18.9 Å². The van der Waals surface area contributed by atoms with Crippen LogP contribution < -0.4 is 0 Å². The molecule has 0 aromatic heterocycles. The first-order valence-electron chi connectivity index (χ1n) is 5.88. The van der Waals surface area contributed by atoms with E-state index in [4.69, 9.17) is 0 Å². The van der Waals surface area contributed by atoms with E-state index < -0.39 is 31.5 Å². The predicted octanol–water partition coefficient (Wildman–Crippen LogP) is 0.639. The lowest BCUT2D eigenvalue weighted by Crippen LogP contribution is -2.30. The molecule has 0 spiro atoms. The SMILES string of the molecule is CCN1C=CN(CCCS(=O)(=O)OS(=O)(=O)C(F)(F)F)C1. The first-order valence-corrected chi connectivity index (χ1v) is 8.87. The lowest BCUT2D eigenvalue weighted by Gasteiger charge is -2.19. The molecule has 1 rings (SSSR count). The van der Waals surface area contributed by atoms with Crippen molar-refractivity contribution in [2.24, 2.45) is 0 Å². The normalized spacial score (nSPS) is 16.8. The van der Waals surface area contributed by atoms with Gasteiger partial charge >= 0.3 is 15.6 Å². The molecule has 0 aromatic carbocycles. The van der Waals surface area contributed by atoms with Crippen LogP contribution in [-0.2, 0) is 23.9 Å². The number of hydrogen-bond acceptors (Lipinski definition) is 7. The van der Waals surface area contributed by atoms with Crippen molar-refractivity contribution < 1.29 is 33.6 Å². The molecule has 1 aliphatic heterocycles. The van der Waals surface area contributed by atoms with Crippen molar-refractivity contribution in [3.63, 3.8) is 0 Å². The second-order valence-corrected chi connectivity index (χ2v) is 7.68. The quantitative estimate of drug-likeness (QED) is 0.622. The predicted molar refractivity (Wildman–Crippen MR) is 67.6 cm³/mol. The van der Waals surface area contributed by atoms with E-state index >= 15 is 0 Å². The Labute approximate surface area is 121 Å². The van der Waals surface area contributed by atoms with Crippen LogP contribution in [0.15, 0.2) is 12.4 Å². The minimum Gasteiger partial charge on any atom is -0.359 e. The zero-order valence-corrected chi connectivity index (χ0v) is 12.7. The van der Waals surface area contributed by atoms with Crippen LogP contribution in [0.2, 0.25) is 0 Å². The molecule has 0 unspecified atom stereocenters. The van der Waals surface area contributed by atoms with Crippen molar-refractivity contribution in [3.05, 3.63) is 12.4 Å². The Morgan fingerprint density at radius 1 is 1.14 bits per heavy atom. The molecule has 1 heterocycles. The summed E-state index contributed by atoms with van der Waals surface area (Å²) in [6.07, 6.45) is 3.44. The highest BCUT2D eigenvalue weighted by molar-refractivity contribution is 8.00. The Morgan fingerprint density at radius 2 is 1.71 bits per heavy atom. The van der Waals surface area contributed by atoms with E-state index in [0.717, 1.165) is 6.54 Å². The highest BCUT2D eigenvalue weighted by Crippen LogP contribution is 2.26. The average Bonchev–Trinajstić information content (AvgIpc) is 2.73. The lowest BCUT2D eigenvalue weighted by molar-refractivity contribution is -0.0498. The second kappa shape index (κ2) is 6.40. The molecule has 0 N–H and O–H groups in total. The van der Waals surface area contributed by atoms with Gasteiger partial charge in [-0.15, -0.1) is 3.63 Å². The number of nitrogens with zero attached hydrogens (tertiary/aromatic N) is 2. The molecule has 12 heteroatoms. The van der Waals surface area contributed by atoms with E-state index in [1.165, 1.54) is 0 Å². The molecule has 0 aliphatic carbocycles. The number of rotatable bonds is 7. The van der Waals surface area contributed by atoms with Gasteiger partial charge in [0, 0.05) is 25.5 Å². The molecule has 0 bridgehead atoms. The molecule has 0 radical (unpaired) electrons. The van der Waals surface area contributed by atoms with E-state index in [1.54, 1.807) is 17.3 Å². The average molecular weight is 352 g/mol. The van der Waals surface area contributed by atoms with E-state index in [2.05, 4.69) is 3.63 Å². The molecular weight excluding hydrogens is 337 g/mol. The van der Waals surface area contributed by atoms with Gasteiger partial charge in [0.1, 0.15) is 0 Å². The van der Waals surface area contributed by atoms with Gasteiger partial charge < -0.3 is 9.80 Å². The molecule has 0 fully saturated rings. The van der Waals surface area contributed by atoms with Crippen LogP contribution in [0, 0.1) is 0 Å². The second-order valence-electron chi connectivity index (χ2n) is 4.24. The van der Waals surface area contributed by atoms with E-state index in [-0.39, 0.29) is 13.0 Å². The van der Waals surface area contributed by atoms with Gasteiger partial charge in [-0.05, 0) is 13.3 Å². The van der Waals surface area contributed by atoms with Crippen LogP contribution in [0.1, 0.15) is 13.3 Å². The summed E-state index contributed by atoms with van der Waals surface area (Å²) in [6, 6.07) is 0. The molecular formula is C9H15F3N2O5S2. The van der Waals surface area contributed by atoms with Crippen molar-refractivity contribution in [1.29, 1.82) is 0 Å². The third kappa shape index (κ3) is 5.36. The Morgan fingerprint density at radius 3 is 2.19 bits per heavy atom. The van der Waals surface area contributed by atoms with Gasteiger partial charge in [0.15, 0.2) is 0 Å². The van der Waals surface area contributed by atoms with Crippen LogP contribution in [0.3, 0.4) is 0 Å². The van der Waals surface area contributed by atoms with Crippen LogP contribution in [0.4, 0.5) is 13.2 Å². The number of hydrogen-bond donors (Lipinski definition) is 0. The molecule has 21 heavy (non-hydrogen) atoms. The van der Waals surface area contributed by atoms with E-state index in [1.807, 2.05) is 11.8 Å². The van der Waals surface area contributed by atoms with E-state index in [9.17, 15) is 30.0 Å². The smallest absolute Gasteiger partial charge is 0.359 e. The summed E-state index contributed by atoms with van der Waals surface area (Å²) in [4.78, 5) is 3.68. The third-order valence-electron chi connectivity index (χ3n) is 2.57. The standard InChI is InChI=1S/C9H15F3N2O5S2/c1-2-13-5-6-14(8-13)4-3-7-20(15,16)19-21(17,18)9(10,11)12/h5-6H,2-4,7-8H2,1H3. The maximum atomic E-state index is 12.0. The Hall–Kier alpha value is -1.01. The summed E-state index contributed by atoms with van der Waals surface area (Å²) >= 11 is 0. The fraction of sp³-hybridized carbons (Fsp3) is 0.778. The number of halogens is 3. The maximum absolute atomic E-state index is 12.0. The molecule has 0 saturated heterocycles. The minimum absolute atomic E-state index is 0.0579. The minimum atomic E-state index is -6.14. The van der Waals surface area contributed by atoms with Gasteiger partial charge in [0.05, 0.1) is 12.4 Å². The van der Waals surface area contributed by atoms with Crippen molar-refractivity contribution >= 4 is 20.2 Å². The highest BCUT2D eigenvalue weighted by Gasteiger charge is 2.50. The monoisotopic (exact) mass is 352 g/mol. The van der Waals surface area contributed by atoms with Crippen molar-refractivity contribution in [3.8, 4) is 0 Å². The van der Waals surface area contributed by atoms with Crippen LogP contribution in [0.5, 0.6) is 0 Å². The maximum Gasteiger partial charge on any atom is 0.524 e. The van der Waals surface area contributed by atoms with Gasteiger partial charge in [0.25, 0.3) is 10.1 Å². The fourth-order valence-electron chi connectivity index (χ4n) is 1.52.